The molecule has 0 radical (unpaired) electrons. The van der Waals surface area contributed by atoms with Gasteiger partial charge in [0.25, 0.3) is 0 Å². The van der Waals surface area contributed by atoms with E-state index in [2.05, 4.69) is 33.1 Å². The number of rotatable bonds is 4. The molecule has 0 aliphatic carbocycles. The van der Waals surface area contributed by atoms with Crippen LogP contribution >= 0.6 is 15.9 Å². The second-order valence-corrected chi connectivity index (χ2v) is 3.57. The van der Waals surface area contributed by atoms with Crippen LogP contribution in [0.25, 0.3) is 0 Å². The average Bonchev–Trinajstić information content (AvgIpc) is 2.43. The molecule has 1 aromatic rings. The van der Waals surface area contributed by atoms with Gasteiger partial charge in [0, 0.05) is 0 Å². The van der Waals surface area contributed by atoms with Crippen LogP contribution < -0.4 is 0 Å². The average molecular weight is 247 g/mol. The van der Waals surface area contributed by atoms with Gasteiger partial charge in [-0.15, -0.1) is 0 Å². The van der Waals surface area contributed by atoms with Crippen molar-refractivity contribution in [2.45, 2.75) is 26.2 Å². The van der Waals surface area contributed by atoms with Gasteiger partial charge in [0.05, 0.1) is 10.2 Å². The lowest BCUT2D eigenvalue weighted by Crippen LogP contribution is -1.97. The number of hydrogen-bond donors (Lipinski definition) is 2. The molecule has 0 unspecified atom stereocenters. The van der Waals surface area contributed by atoms with Gasteiger partial charge in [-0.1, -0.05) is 13.3 Å². The van der Waals surface area contributed by atoms with E-state index < -0.39 is 5.97 Å². The van der Waals surface area contributed by atoms with Gasteiger partial charge in [-0.05, 0) is 28.8 Å². The van der Waals surface area contributed by atoms with Crippen molar-refractivity contribution in [1.82, 2.24) is 10.2 Å². The van der Waals surface area contributed by atoms with Gasteiger partial charge in [0.2, 0.25) is 0 Å². The maximum atomic E-state index is 10.6. The first-order valence-corrected chi connectivity index (χ1v) is 4.92. The van der Waals surface area contributed by atoms with Crippen LogP contribution in [0.4, 0.5) is 0 Å². The number of aromatic carboxylic acids is 1. The SMILES string of the molecule is CCCCc1[nH]nc(C(=O)O)c1Br. The Labute approximate surface area is 84.5 Å². The molecule has 0 bridgehead atoms. The first kappa shape index (κ1) is 10.2. The summed E-state index contributed by atoms with van der Waals surface area (Å²) in [7, 11) is 0. The van der Waals surface area contributed by atoms with Gasteiger partial charge in [-0.3, -0.25) is 5.10 Å². The van der Waals surface area contributed by atoms with Crippen LogP contribution in [0.3, 0.4) is 0 Å². The van der Waals surface area contributed by atoms with Crippen molar-refractivity contribution in [3.63, 3.8) is 0 Å². The number of carboxylic acids is 1. The van der Waals surface area contributed by atoms with E-state index in [1.54, 1.807) is 0 Å². The molecule has 0 amide bonds. The summed E-state index contributed by atoms with van der Waals surface area (Å²) in [5.74, 6) is -1.01. The quantitative estimate of drug-likeness (QED) is 0.857. The highest BCUT2D eigenvalue weighted by atomic mass is 79.9. The molecule has 0 spiro atoms. The zero-order valence-corrected chi connectivity index (χ0v) is 8.89. The Kier molecular flexibility index (Phi) is 3.48. The monoisotopic (exact) mass is 246 g/mol. The normalized spacial score (nSPS) is 10.3. The minimum Gasteiger partial charge on any atom is -0.476 e. The number of aromatic nitrogens is 2. The highest BCUT2D eigenvalue weighted by molar-refractivity contribution is 9.10. The Balaban J connectivity index is 2.80. The number of nitrogens with zero attached hydrogens (tertiary/aromatic N) is 1. The molecule has 0 aliphatic rings. The number of carbonyl (C=O) groups is 1. The summed E-state index contributed by atoms with van der Waals surface area (Å²) in [6.45, 7) is 2.09. The van der Waals surface area contributed by atoms with Gasteiger partial charge in [-0.2, -0.15) is 5.10 Å². The summed E-state index contributed by atoms with van der Waals surface area (Å²) in [5, 5.41) is 15.1. The van der Waals surface area contributed by atoms with Gasteiger partial charge in [0.15, 0.2) is 5.69 Å². The first-order chi connectivity index (χ1) is 6.16. The van der Waals surface area contributed by atoms with Crippen LogP contribution in [0.15, 0.2) is 4.47 Å². The molecule has 4 nitrogen and oxygen atoms in total. The number of aryl methyl sites for hydroxylation is 1. The second kappa shape index (κ2) is 4.41. The Morgan fingerprint density at radius 2 is 2.38 bits per heavy atom. The van der Waals surface area contributed by atoms with E-state index in [0.29, 0.717) is 4.47 Å². The lowest BCUT2D eigenvalue weighted by Gasteiger charge is -1.94. The summed E-state index contributed by atoms with van der Waals surface area (Å²) in [6, 6.07) is 0. The molecular formula is C8H11BrN2O2. The van der Waals surface area contributed by atoms with E-state index in [4.69, 9.17) is 5.11 Å². The molecule has 1 heterocycles. The van der Waals surface area contributed by atoms with Crippen LogP contribution in [-0.2, 0) is 6.42 Å². The minimum atomic E-state index is -1.01. The fourth-order valence-corrected chi connectivity index (χ4v) is 1.57. The third-order valence-electron chi connectivity index (χ3n) is 1.76. The van der Waals surface area contributed by atoms with Gasteiger partial charge < -0.3 is 5.11 Å². The number of hydrogen-bond acceptors (Lipinski definition) is 2. The zero-order valence-electron chi connectivity index (χ0n) is 7.30. The van der Waals surface area contributed by atoms with Gasteiger partial charge >= 0.3 is 5.97 Å². The Bertz CT molecular complexity index is 309. The molecule has 72 valence electrons. The largest absolute Gasteiger partial charge is 0.476 e. The third-order valence-corrected chi connectivity index (χ3v) is 2.61. The first-order valence-electron chi connectivity index (χ1n) is 4.12. The lowest BCUT2D eigenvalue weighted by molar-refractivity contribution is 0.0689. The topological polar surface area (TPSA) is 66.0 Å². The van der Waals surface area contributed by atoms with Crippen molar-refractivity contribution >= 4 is 21.9 Å². The summed E-state index contributed by atoms with van der Waals surface area (Å²) in [5.41, 5.74) is 0.922. The molecule has 0 aliphatic heterocycles. The fraction of sp³-hybridized carbons (Fsp3) is 0.500. The van der Waals surface area contributed by atoms with Gasteiger partial charge in [-0.25, -0.2) is 4.79 Å². The summed E-state index contributed by atoms with van der Waals surface area (Å²) >= 11 is 3.21. The maximum Gasteiger partial charge on any atom is 0.357 e. The molecule has 0 atom stereocenters. The summed E-state index contributed by atoms with van der Waals surface area (Å²) in [4.78, 5) is 10.6. The number of halogens is 1. The number of carboxylic acid groups (broad SMARTS) is 1. The standard InChI is InChI=1S/C8H11BrN2O2/c1-2-3-4-5-6(9)7(8(12)13)11-10-5/h2-4H2,1H3,(H,10,11)(H,12,13). The van der Waals surface area contributed by atoms with E-state index >= 15 is 0 Å². The maximum absolute atomic E-state index is 10.6. The molecule has 2 N–H and O–H groups in total. The Morgan fingerprint density at radius 3 is 2.85 bits per heavy atom. The summed E-state index contributed by atoms with van der Waals surface area (Å²) < 4.78 is 0.577. The molecule has 0 saturated heterocycles. The lowest BCUT2D eigenvalue weighted by atomic mass is 10.2. The molecule has 0 aromatic carbocycles. The van der Waals surface area contributed by atoms with Crippen LogP contribution in [0.2, 0.25) is 0 Å². The van der Waals surface area contributed by atoms with Crippen LogP contribution in [0, 0.1) is 0 Å². The van der Waals surface area contributed by atoms with Crippen LogP contribution in [0.5, 0.6) is 0 Å². The minimum absolute atomic E-state index is 0.0612. The third kappa shape index (κ3) is 2.30. The number of unbranched alkanes of at least 4 members (excludes halogenated alkanes) is 1. The number of H-pyrrole nitrogens is 1. The number of nitrogens with one attached hydrogen (secondary N) is 1. The van der Waals surface area contributed by atoms with Crippen molar-refractivity contribution in [3.05, 3.63) is 15.9 Å². The van der Waals surface area contributed by atoms with E-state index in [9.17, 15) is 4.79 Å². The molecule has 0 fully saturated rings. The zero-order chi connectivity index (χ0) is 9.84. The van der Waals surface area contributed by atoms with Crippen molar-refractivity contribution in [1.29, 1.82) is 0 Å². The van der Waals surface area contributed by atoms with E-state index in [0.717, 1.165) is 25.0 Å². The molecule has 1 rings (SSSR count). The van der Waals surface area contributed by atoms with Crippen LogP contribution in [-0.4, -0.2) is 21.3 Å². The van der Waals surface area contributed by atoms with Crippen LogP contribution in [0.1, 0.15) is 35.9 Å². The smallest absolute Gasteiger partial charge is 0.357 e. The highest BCUT2D eigenvalue weighted by Crippen LogP contribution is 2.20. The predicted molar refractivity (Wildman–Crippen MR) is 51.9 cm³/mol. The van der Waals surface area contributed by atoms with Crippen molar-refractivity contribution < 1.29 is 9.90 Å². The Morgan fingerprint density at radius 1 is 1.69 bits per heavy atom. The van der Waals surface area contributed by atoms with Gasteiger partial charge in [0.1, 0.15) is 0 Å². The number of aromatic amines is 1. The fourth-order valence-electron chi connectivity index (χ4n) is 1.03. The summed E-state index contributed by atoms with van der Waals surface area (Å²) in [6.07, 6.45) is 2.94. The van der Waals surface area contributed by atoms with E-state index in [-0.39, 0.29) is 5.69 Å². The molecule has 1 aromatic heterocycles. The predicted octanol–water partition coefficient (Wildman–Crippen LogP) is 2.21. The Hall–Kier alpha value is -0.840. The molecule has 0 saturated carbocycles. The molecular weight excluding hydrogens is 236 g/mol. The highest BCUT2D eigenvalue weighted by Gasteiger charge is 2.15. The molecule has 5 heteroatoms. The van der Waals surface area contributed by atoms with E-state index in [1.807, 2.05) is 0 Å². The van der Waals surface area contributed by atoms with Crippen molar-refractivity contribution in [2.24, 2.45) is 0 Å². The van der Waals surface area contributed by atoms with Crippen molar-refractivity contribution in [3.8, 4) is 0 Å². The second-order valence-electron chi connectivity index (χ2n) is 2.77. The van der Waals surface area contributed by atoms with Crippen molar-refractivity contribution in [2.75, 3.05) is 0 Å². The van der Waals surface area contributed by atoms with E-state index in [1.165, 1.54) is 0 Å². The molecule has 13 heavy (non-hydrogen) atoms.